The molecule has 1 N–H and O–H groups in total. The molecule has 1 aliphatic heterocycles. The Morgan fingerprint density at radius 1 is 1.83 bits per heavy atom. The standard InChI is InChI=1S/C3H5BNO/c1-2-4-5-6-3-1/h1,3,5H,2H2. The maximum Gasteiger partial charge on any atom is 0.261 e. The van der Waals surface area contributed by atoms with Crippen molar-refractivity contribution in [2.45, 2.75) is 6.32 Å². The van der Waals surface area contributed by atoms with E-state index < -0.39 is 0 Å². The Bertz CT molecular complexity index is 55.8. The number of rotatable bonds is 0. The second-order valence-corrected chi connectivity index (χ2v) is 1.05. The van der Waals surface area contributed by atoms with Gasteiger partial charge in [0.2, 0.25) is 0 Å². The first kappa shape index (κ1) is 3.74. The molecule has 0 aliphatic carbocycles. The summed E-state index contributed by atoms with van der Waals surface area (Å²) in [4.78, 5) is 4.58. The highest BCUT2D eigenvalue weighted by Crippen LogP contribution is 1.85. The van der Waals surface area contributed by atoms with E-state index in [4.69, 9.17) is 0 Å². The molecule has 0 unspecified atom stereocenters. The predicted octanol–water partition coefficient (Wildman–Crippen LogP) is 0.0724. The van der Waals surface area contributed by atoms with Gasteiger partial charge in [-0.2, -0.15) is 0 Å². The minimum atomic E-state index is 0.958. The van der Waals surface area contributed by atoms with E-state index in [-0.39, 0.29) is 0 Å². The summed E-state index contributed by atoms with van der Waals surface area (Å²) >= 11 is 0. The lowest BCUT2D eigenvalue weighted by molar-refractivity contribution is 0.198. The lowest BCUT2D eigenvalue weighted by Gasteiger charge is -2.02. The van der Waals surface area contributed by atoms with E-state index in [1.54, 1.807) is 6.26 Å². The van der Waals surface area contributed by atoms with Gasteiger partial charge in [0, 0.05) is 0 Å². The number of allylic oxidation sites excluding steroid dienone is 1. The summed E-state index contributed by atoms with van der Waals surface area (Å²) in [5.41, 5.74) is 0. The smallest absolute Gasteiger partial charge is 0.261 e. The first-order valence-electron chi connectivity index (χ1n) is 1.88. The minimum Gasteiger partial charge on any atom is -0.429 e. The van der Waals surface area contributed by atoms with Crippen LogP contribution in [0.15, 0.2) is 12.3 Å². The van der Waals surface area contributed by atoms with Gasteiger partial charge in [-0.25, -0.2) is 5.39 Å². The highest BCUT2D eigenvalue weighted by molar-refractivity contribution is 6.32. The molecule has 0 atom stereocenters. The fourth-order valence-corrected chi connectivity index (χ4v) is 0.307. The van der Waals surface area contributed by atoms with Crippen LogP contribution in [0.1, 0.15) is 0 Å². The van der Waals surface area contributed by atoms with Gasteiger partial charge in [-0.1, -0.05) is 6.08 Å². The zero-order valence-corrected chi connectivity index (χ0v) is 3.35. The van der Waals surface area contributed by atoms with E-state index in [1.807, 2.05) is 13.5 Å². The quantitative estimate of drug-likeness (QED) is 0.417. The predicted molar refractivity (Wildman–Crippen MR) is 23.9 cm³/mol. The SMILES string of the molecule is [B]1CC=CON1. The second kappa shape index (κ2) is 1.87. The second-order valence-electron chi connectivity index (χ2n) is 1.05. The normalized spacial score (nSPS) is 18.7. The Morgan fingerprint density at radius 3 is 3.00 bits per heavy atom. The van der Waals surface area contributed by atoms with Gasteiger partial charge in [0.15, 0.2) is 0 Å². The molecule has 0 bridgehead atoms. The largest absolute Gasteiger partial charge is 0.429 e. The van der Waals surface area contributed by atoms with Crippen LogP contribution in [0.2, 0.25) is 6.32 Å². The summed E-state index contributed by atoms with van der Waals surface area (Å²) in [6, 6.07) is 0. The molecule has 0 aromatic heterocycles. The van der Waals surface area contributed by atoms with Crippen LogP contribution in [-0.4, -0.2) is 7.41 Å². The topological polar surface area (TPSA) is 21.3 Å². The first-order valence-corrected chi connectivity index (χ1v) is 1.88. The van der Waals surface area contributed by atoms with Gasteiger partial charge in [0.1, 0.15) is 6.26 Å². The lowest BCUT2D eigenvalue weighted by atomic mass is 9.91. The van der Waals surface area contributed by atoms with Crippen molar-refractivity contribution in [1.82, 2.24) is 5.39 Å². The molecule has 0 saturated carbocycles. The van der Waals surface area contributed by atoms with Crippen LogP contribution < -0.4 is 5.39 Å². The molecule has 0 spiro atoms. The molecule has 6 heavy (non-hydrogen) atoms. The fraction of sp³-hybridized carbons (Fsp3) is 0.333. The summed E-state index contributed by atoms with van der Waals surface area (Å²) in [7, 11) is 1.83. The van der Waals surface area contributed by atoms with Crippen molar-refractivity contribution in [3.05, 3.63) is 12.3 Å². The van der Waals surface area contributed by atoms with Gasteiger partial charge in [0.25, 0.3) is 7.41 Å². The zero-order valence-electron chi connectivity index (χ0n) is 3.35. The Balaban J connectivity index is 2.26. The molecule has 3 heteroatoms. The van der Waals surface area contributed by atoms with Crippen molar-refractivity contribution >= 4 is 7.41 Å². The summed E-state index contributed by atoms with van der Waals surface area (Å²) < 4.78 is 0. The zero-order chi connectivity index (χ0) is 4.24. The van der Waals surface area contributed by atoms with Crippen LogP contribution in [0.5, 0.6) is 0 Å². The molecule has 1 radical (unpaired) electrons. The lowest BCUT2D eigenvalue weighted by Crippen LogP contribution is -2.18. The van der Waals surface area contributed by atoms with Crippen LogP contribution in [0.25, 0.3) is 0 Å². The van der Waals surface area contributed by atoms with Crippen molar-refractivity contribution in [2.24, 2.45) is 0 Å². The summed E-state index contributed by atoms with van der Waals surface area (Å²) in [6.07, 6.45) is 4.51. The number of hydrogen-bond donors (Lipinski definition) is 1. The summed E-state index contributed by atoms with van der Waals surface area (Å²) in [6.45, 7) is 0. The Hall–Kier alpha value is -0.435. The Labute approximate surface area is 37.4 Å². The molecule has 0 saturated heterocycles. The number of nitrogens with one attached hydrogen (secondary N) is 1. The maximum atomic E-state index is 4.58. The summed E-state index contributed by atoms with van der Waals surface area (Å²) in [5, 5.41) is 2.57. The molecule has 2 nitrogen and oxygen atoms in total. The van der Waals surface area contributed by atoms with Crippen molar-refractivity contribution < 1.29 is 4.84 Å². The highest BCUT2D eigenvalue weighted by Gasteiger charge is 1.89. The van der Waals surface area contributed by atoms with E-state index in [0.717, 1.165) is 6.32 Å². The van der Waals surface area contributed by atoms with E-state index in [2.05, 4.69) is 10.2 Å². The van der Waals surface area contributed by atoms with Gasteiger partial charge >= 0.3 is 0 Å². The Kier molecular flexibility index (Phi) is 1.17. The van der Waals surface area contributed by atoms with Crippen molar-refractivity contribution in [1.29, 1.82) is 0 Å². The minimum absolute atomic E-state index is 0.958. The highest BCUT2D eigenvalue weighted by atomic mass is 16.6. The fourth-order valence-electron chi connectivity index (χ4n) is 0.307. The first-order chi connectivity index (χ1) is 3.00. The van der Waals surface area contributed by atoms with E-state index in [0.29, 0.717) is 0 Å². The average molecular weight is 81.9 g/mol. The van der Waals surface area contributed by atoms with Crippen LogP contribution in [0, 0.1) is 0 Å². The summed E-state index contributed by atoms with van der Waals surface area (Å²) in [5.74, 6) is 0. The number of hydrogen-bond acceptors (Lipinski definition) is 2. The van der Waals surface area contributed by atoms with Crippen LogP contribution >= 0.6 is 0 Å². The van der Waals surface area contributed by atoms with E-state index in [9.17, 15) is 0 Å². The molecule has 0 aromatic rings. The molecule has 0 amide bonds. The van der Waals surface area contributed by atoms with Gasteiger partial charge in [0.05, 0.1) is 0 Å². The average Bonchev–Trinajstić information content (AvgIpc) is 1.72. The van der Waals surface area contributed by atoms with Gasteiger partial charge < -0.3 is 4.84 Å². The van der Waals surface area contributed by atoms with Crippen molar-refractivity contribution in [3.63, 3.8) is 0 Å². The molecular weight excluding hydrogens is 76.9 g/mol. The molecule has 31 valence electrons. The maximum absolute atomic E-state index is 4.58. The molecule has 0 aromatic carbocycles. The molecular formula is C3H5BNO. The van der Waals surface area contributed by atoms with E-state index in [1.165, 1.54) is 0 Å². The third-order valence-corrected chi connectivity index (χ3v) is 0.570. The van der Waals surface area contributed by atoms with Crippen LogP contribution in [-0.2, 0) is 4.84 Å². The molecule has 1 rings (SSSR count). The van der Waals surface area contributed by atoms with Gasteiger partial charge in [-0.15, -0.1) is 0 Å². The van der Waals surface area contributed by atoms with Crippen LogP contribution in [0.3, 0.4) is 0 Å². The van der Waals surface area contributed by atoms with Gasteiger partial charge in [-0.3, -0.25) is 0 Å². The third kappa shape index (κ3) is 0.757. The molecule has 0 fully saturated rings. The molecule has 1 aliphatic rings. The third-order valence-electron chi connectivity index (χ3n) is 0.570. The van der Waals surface area contributed by atoms with Crippen LogP contribution in [0.4, 0.5) is 0 Å². The monoisotopic (exact) mass is 82.0 g/mol. The van der Waals surface area contributed by atoms with Gasteiger partial charge in [-0.05, 0) is 6.32 Å². The van der Waals surface area contributed by atoms with Crippen molar-refractivity contribution in [3.8, 4) is 0 Å². The van der Waals surface area contributed by atoms with E-state index >= 15 is 0 Å². The molecule has 1 heterocycles. The van der Waals surface area contributed by atoms with Crippen molar-refractivity contribution in [2.75, 3.05) is 0 Å². The Morgan fingerprint density at radius 2 is 2.83 bits per heavy atom.